The highest BCUT2D eigenvalue weighted by Gasteiger charge is 2.24. The van der Waals surface area contributed by atoms with E-state index >= 15 is 0 Å². The fourth-order valence-electron chi connectivity index (χ4n) is 3.80. The summed E-state index contributed by atoms with van der Waals surface area (Å²) in [6.07, 6.45) is 1.38. The van der Waals surface area contributed by atoms with Crippen LogP contribution in [-0.2, 0) is 16.7 Å². The first-order valence-corrected chi connectivity index (χ1v) is 11.7. The number of nitrogens with zero attached hydrogens (tertiary/aromatic N) is 1. The zero-order chi connectivity index (χ0) is 23.3. The molecule has 0 unspecified atom stereocenters. The standard InChI is InChI=1S/C22H26F2N2O5S/c1-15-18(3-2-4-21(15)32(28,29)30)22(27)25-17-7-10-26(11-8-17)14-16-5-6-19(24)20(13-16)31-12-9-23/h2-6,13,17H,7-12,14H2,1H3,(H,25,27)(H,28,29,30). The van der Waals surface area contributed by atoms with Crippen LogP contribution in [0.1, 0.15) is 34.3 Å². The molecule has 0 aliphatic carbocycles. The van der Waals surface area contributed by atoms with E-state index in [4.69, 9.17) is 4.74 Å². The van der Waals surface area contributed by atoms with Crippen LogP contribution in [0.2, 0.25) is 0 Å². The molecule has 7 nitrogen and oxygen atoms in total. The van der Waals surface area contributed by atoms with Crippen LogP contribution in [0, 0.1) is 12.7 Å². The fraction of sp³-hybridized carbons (Fsp3) is 0.409. The summed E-state index contributed by atoms with van der Waals surface area (Å²) >= 11 is 0. The number of carbonyl (C=O) groups is 1. The minimum Gasteiger partial charge on any atom is -0.488 e. The smallest absolute Gasteiger partial charge is 0.294 e. The Hall–Kier alpha value is -2.56. The number of benzene rings is 2. The number of likely N-dealkylation sites (tertiary alicyclic amines) is 1. The van der Waals surface area contributed by atoms with Gasteiger partial charge in [0.05, 0.1) is 4.90 Å². The van der Waals surface area contributed by atoms with E-state index in [1.165, 1.54) is 31.2 Å². The summed E-state index contributed by atoms with van der Waals surface area (Å²) < 4.78 is 63.4. The van der Waals surface area contributed by atoms with E-state index < -0.39 is 22.6 Å². The third-order valence-corrected chi connectivity index (χ3v) is 6.46. The van der Waals surface area contributed by atoms with Gasteiger partial charge in [-0.3, -0.25) is 14.2 Å². The van der Waals surface area contributed by atoms with Crippen LogP contribution in [0.25, 0.3) is 0 Å². The molecule has 1 saturated heterocycles. The van der Waals surface area contributed by atoms with E-state index in [0.29, 0.717) is 32.5 Å². The zero-order valence-electron chi connectivity index (χ0n) is 17.7. The van der Waals surface area contributed by atoms with Crippen LogP contribution >= 0.6 is 0 Å². The molecule has 2 N–H and O–H groups in total. The molecule has 0 atom stereocenters. The summed E-state index contributed by atoms with van der Waals surface area (Å²) in [5.74, 6) is -0.888. The molecule has 10 heteroatoms. The minimum absolute atomic E-state index is 0.0322. The second-order valence-electron chi connectivity index (χ2n) is 7.73. The summed E-state index contributed by atoms with van der Waals surface area (Å²) in [6.45, 7) is 2.57. The lowest BCUT2D eigenvalue weighted by Gasteiger charge is -2.32. The van der Waals surface area contributed by atoms with Crippen molar-refractivity contribution in [1.82, 2.24) is 10.2 Å². The molecule has 0 spiro atoms. The zero-order valence-corrected chi connectivity index (χ0v) is 18.5. The SMILES string of the molecule is Cc1c(C(=O)NC2CCN(Cc3ccc(F)c(OCCF)c3)CC2)cccc1S(=O)(=O)O. The molecule has 1 heterocycles. The van der Waals surface area contributed by atoms with Gasteiger partial charge in [-0.25, -0.2) is 8.78 Å². The van der Waals surface area contributed by atoms with Crippen molar-refractivity contribution < 1.29 is 31.3 Å². The Morgan fingerprint density at radius 1 is 1.25 bits per heavy atom. The lowest BCUT2D eigenvalue weighted by molar-refractivity contribution is 0.0908. The highest BCUT2D eigenvalue weighted by Crippen LogP contribution is 2.22. The van der Waals surface area contributed by atoms with E-state index in [-0.39, 0.29) is 40.3 Å². The number of ether oxygens (including phenoxy) is 1. The number of nitrogens with one attached hydrogen (secondary N) is 1. The molecular weight excluding hydrogens is 442 g/mol. The maximum Gasteiger partial charge on any atom is 0.294 e. The molecule has 1 fully saturated rings. The first-order chi connectivity index (χ1) is 15.2. The van der Waals surface area contributed by atoms with Crippen molar-refractivity contribution in [3.63, 3.8) is 0 Å². The second kappa shape index (κ2) is 10.4. The minimum atomic E-state index is -4.41. The van der Waals surface area contributed by atoms with Gasteiger partial charge < -0.3 is 10.1 Å². The Labute approximate surface area is 186 Å². The van der Waals surface area contributed by atoms with Crippen LogP contribution < -0.4 is 10.1 Å². The highest BCUT2D eigenvalue weighted by molar-refractivity contribution is 7.85. The Bertz CT molecular complexity index is 1070. The van der Waals surface area contributed by atoms with Gasteiger partial charge in [0.15, 0.2) is 11.6 Å². The summed E-state index contributed by atoms with van der Waals surface area (Å²) in [4.78, 5) is 14.5. The Morgan fingerprint density at radius 3 is 2.62 bits per heavy atom. The van der Waals surface area contributed by atoms with Crippen molar-refractivity contribution in [2.75, 3.05) is 26.4 Å². The maximum absolute atomic E-state index is 13.8. The third-order valence-electron chi connectivity index (χ3n) is 5.47. The van der Waals surface area contributed by atoms with Gasteiger partial charge >= 0.3 is 0 Å². The number of halogens is 2. The van der Waals surface area contributed by atoms with Gasteiger partial charge in [0.25, 0.3) is 16.0 Å². The van der Waals surface area contributed by atoms with Gasteiger partial charge in [-0.05, 0) is 55.2 Å². The lowest BCUT2D eigenvalue weighted by atomic mass is 10.0. The average molecular weight is 469 g/mol. The highest BCUT2D eigenvalue weighted by atomic mass is 32.2. The quantitative estimate of drug-likeness (QED) is 0.578. The van der Waals surface area contributed by atoms with Gasteiger partial charge in [-0.2, -0.15) is 8.42 Å². The summed E-state index contributed by atoms with van der Waals surface area (Å²) in [6, 6.07) is 8.65. The van der Waals surface area contributed by atoms with Crippen LogP contribution in [0.15, 0.2) is 41.3 Å². The van der Waals surface area contributed by atoms with Gasteiger partial charge in [-0.15, -0.1) is 0 Å². The first-order valence-electron chi connectivity index (χ1n) is 10.3. The number of hydrogen-bond acceptors (Lipinski definition) is 5. The molecule has 1 aliphatic heterocycles. The number of carbonyl (C=O) groups excluding carboxylic acids is 1. The van der Waals surface area contributed by atoms with E-state index in [0.717, 1.165) is 5.56 Å². The van der Waals surface area contributed by atoms with E-state index in [9.17, 15) is 26.5 Å². The third kappa shape index (κ3) is 6.02. The molecule has 0 saturated carbocycles. The first kappa shape index (κ1) is 24.1. The van der Waals surface area contributed by atoms with Gasteiger partial charge in [0, 0.05) is 31.2 Å². The average Bonchev–Trinajstić information content (AvgIpc) is 2.74. The van der Waals surface area contributed by atoms with Gasteiger partial charge in [0.1, 0.15) is 13.3 Å². The maximum atomic E-state index is 13.8. The van der Waals surface area contributed by atoms with Crippen molar-refractivity contribution in [1.29, 1.82) is 0 Å². The van der Waals surface area contributed by atoms with E-state index in [2.05, 4.69) is 10.2 Å². The summed E-state index contributed by atoms with van der Waals surface area (Å²) in [5.41, 5.74) is 1.25. The van der Waals surface area contributed by atoms with Gasteiger partial charge in [-0.1, -0.05) is 12.1 Å². The molecule has 3 rings (SSSR count). The van der Waals surface area contributed by atoms with Crippen LogP contribution in [0.4, 0.5) is 8.78 Å². The number of piperidine rings is 1. The van der Waals surface area contributed by atoms with Gasteiger partial charge in [0.2, 0.25) is 0 Å². The van der Waals surface area contributed by atoms with Crippen LogP contribution in [-0.4, -0.2) is 56.2 Å². The molecule has 0 radical (unpaired) electrons. The van der Waals surface area contributed by atoms with Crippen molar-refractivity contribution >= 4 is 16.0 Å². The molecule has 32 heavy (non-hydrogen) atoms. The number of hydrogen-bond donors (Lipinski definition) is 2. The molecule has 0 aromatic heterocycles. The Morgan fingerprint density at radius 2 is 1.97 bits per heavy atom. The number of rotatable bonds is 8. The molecule has 1 amide bonds. The predicted octanol–water partition coefficient (Wildman–Crippen LogP) is 3.12. The predicted molar refractivity (Wildman–Crippen MR) is 115 cm³/mol. The normalized spacial score (nSPS) is 15.5. The van der Waals surface area contributed by atoms with Crippen LogP contribution in [0.5, 0.6) is 5.75 Å². The van der Waals surface area contributed by atoms with E-state index in [1.807, 2.05) is 0 Å². The summed E-state index contributed by atoms with van der Waals surface area (Å²) in [7, 11) is -4.41. The fourth-order valence-corrected chi connectivity index (χ4v) is 4.55. The van der Waals surface area contributed by atoms with E-state index in [1.54, 1.807) is 12.1 Å². The molecule has 0 bridgehead atoms. The molecule has 1 aliphatic rings. The molecule has 2 aromatic carbocycles. The van der Waals surface area contributed by atoms with Crippen molar-refractivity contribution in [3.05, 3.63) is 58.9 Å². The number of amides is 1. The second-order valence-corrected chi connectivity index (χ2v) is 9.12. The Kier molecular flexibility index (Phi) is 7.81. The Balaban J connectivity index is 1.56. The molecular formula is C22H26F2N2O5S. The van der Waals surface area contributed by atoms with Crippen molar-refractivity contribution in [2.45, 2.75) is 37.2 Å². The monoisotopic (exact) mass is 468 g/mol. The van der Waals surface area contributed by atoms with Crippen molar-refractivity contribution in [3.8, 4) is 5.75 Å². The molecule has 2 aromatic rings. The van der Waals surface area contributed by atoms with Crippen molar-refractivity contribution in [2.24, 2.45) is 0 Å². The lowest BCUT2D eigenvalue weighted by Crippen LogP contribution is -2.44. The number of alkyl halides is 1. The topological polar surface area (TPSA) is 95.9 Å². The largest absolute Gasteiger partial charge is 0.488 e. The van der Waals surface area contributed by atoms with Crippen LogP contribution in [0.3, 0.4) is 0 Å². The molecule has 174 valence electrons. The summed E-state index contributed by atoms with van der Waals surface area (Å²) in [5, 5.41) is 2.93.